The normalized spacial score (nSPS) is 11.0. The van der Waals surface area contributed by atoms with E-state index in [0.29, 0.717) is 22.7 Å². The van der Waals surface area contributed by atoms with Crippen LogP contribution in [0, 0.1) is 0 Å². The Morgan fingerprint density at radius 1 is 0.889 bits per heavy atom. The molecule has 27 heavy (non-hydrogen) atoms. The minimum absolute atomic E-state index is 0.00356. The van der Waals surface area contributed by atoms with Crippen LogP contribution >= 0.6 is 23.4 Å². The molecule has 5 heteroatoms. The van der Waals surface area contributed by atoms with E-state index in [2.05, 4.69) is 0 Å². The minimum Gasteiger partial charge on any atom is -0.291 e. The maximum atomic E-state index is 13.1. The van der Waals surface area contributed by atoms with Crippen LogP contribution in [0.3, 0.4) is 0 Å². The predicted molar refractivity (Wildman–Crippen MR) is 113 cm³/mol. The van der Waals surface area contributed by atoms with Gasteiger partial charge in [0, 0.05) is 9.92 Å². The molecule has 0 aliphatic rings. The topological polar surface area (TPSA) is 34.9 Å². The first-order chi connectivity index (χ1) is 13.2. The average molecular weight is 393 g/mol. The molecule has 0 spiro atoms. The highest BCUT2D eigenvalue weighted by Crippen LogP contribution is 2.24. The standard InChI is InChI=1S/C22H17ClN2OS/c23-17-10-12-18(13-11-17)27-15-21-24-20-9-5-4-8-19(20)22(26)25(21)14-16-6-2-1-3-7-16/h1-13H,14-15H2. The van der Waals surface area contributed by atoms with Gasteiger partial charge >= 0.3 is 0 Å². The third-order valence-electron chi connectivity index (χ3n) is 4.31. The van der Waals surface area contributed by atoms with E-state index < -0.39 is 0 Å². The zero-order valence-electron chi connectivity index (χ0n) is 14.5. The summed E-state index contributed by atoms with van der Waals surface area (Å²) in [6, 6.07) is 25.2. The highest BCUT2D eigenvalue weighted by Gasteiger charge is 2.12. The zero-order valence-corrected chi connectivity index (χ0v) is 16.1. The molecule has 134 valence electrons. The summed E-state index contributed by atoms with van der Waals surface area (Å²) < 4.78 is 1.78. The summed E-state index contributed by atoms with van der Waals surface area (Å²) in [5.74, 6) is 1.37. The molecule has 0 N–H and O–H groups in total. The van der Waals surface area contributed by atoms with E-state index in [1.165, 1.54) is 0 Å². The van der Waals surface area contributed by atoms with Crippen molar-refractivity contribution in [1.29, 1.82) is 0 Å². The van der Waals surface area contributed by atoms with Gasteiger partial charge in [-0.2, -0.15) is 0 Å². The van der Waals surface area contributed by atoms with Crippen molar-refractivity contribution in [3.05, 3.63) is 106 Å². The lowest BCUT2D eigenvalue weighted by Crippen LogP contribution is -2.25. The number of rotatable bonds is 5. The van der Waals surface area contributed by atoms with Crippen molar-refractivity contribution in [3.8, 4) is 0 Å². The lowest BCUT2D eigenvalue weighted by atomic mass is 10.2. The van der Waals surface area contributed by atoms with E-state index in [9.17, 15) is 4.79 Å². The van der Waals surface area contributed by atoms with Crippen LogP contribution in [0.4, 0.5) is 0 Å². The number of hydrogen-bond acceptors (Lipinski definition) is 3. The van der Waals surface area contributed by atoms with Crippen molar-refractivity contribution in [3.63, 3.8) is 0 Å². The van der Waals surface area contributed by atoms with Crippen molar-refractivity contribution in [2.75, 3.05) is 0 Å². The second kappa shape index (κ2) is 7.99. The van der Waals surface area contributed by atoms with Crippen LogP contribution in [0.1, 0.15) is 11.4 Å². The predicted octanol–water partition coefficient (Wildman–Crippen LogP) is 5.39. The fourth-order valence-corrected chi connectivity index (χ4v) is 3.90. The molecule has 0 saturated heterocycles. The van der Waals surface area contributed by atoms with Crippen LogP contribution in [0.2, 0.25) is 5.02 Å². The number of halogens is 1. The van der Waals surface area contributed by atoms with Crippen LogP contribution in [-0.4, -0.2) is 9.55 Å². The Hall–Kier alpha value is -2.56. The summed E-state index contributed by atoms with van der Waals surface area (Å²) in [5.41, 5.74) is 1.81. The first kappa shape index (κ1) is 17.8. The molecule has 3 nitrogen and oxygen atoms in total. The van der Waals surface area contributed by atoms with Crippen molar-refractivity contribution < 1.29 is 0 Å². The molecule has 3 aromatic carbocycles. The molecule has 1 aromatic heterocycles. The Bertz CT molecular complexity index is 1120. The Kier molecular flexibility index (Phi) is 5.28. The number of aromatic nitrogens is 2. The molecule has 0 fully saturated rings. The summed E-state index contributed by atoms with van der Waals surface area (Å²) in [5, 5.41) is 1.36. The molecular formula is C22H17ClN2OS. The van der Waals surface area contributed by atoms with Crippen LogP contribution in [0.5, 0.6) is 0 Å². The summed E-state index contributed by atoms with van der Waals surface area (Å²) >= 11 is 7.61. The Labute approximate surface area is 166 Å². The summed E-state index contributed by atoms with van der Waals surface area (Å²) in [4.78, 5) is 19.0. The largest absolute Gasteiger partial charge is 0.291 e. The smallest absolute Gasteiger partial charge is 0.261 e. The zero-order chi connectivity index (χ0) is 18.6. The average Bonchev–Trinajstić information content (AvgIpc) is 2.71. The number of benzene rings is 3. The molecule has 0 saturated carbocycles. The number of fused-ring (bicyclic) bond motifs is 1. The highest BCUT2D eigenvalue weighted by molar-refractivity contribution is 7.98. The maximum absolute atomic E-state index is 13.1. The fourth-order valence-electron chi connectivity index (χ4n) is 2.93. The SMILES string of the molecule is O=c1c2ccccc2nc(CSc2ccc(Cl)cc2)n1Cc1ccccc1. The van der Waals surface area contributed by atoms with Gasteiger partial charge in [0.1, 0.15) is 5.82 Å². The monoisotopic (exact) mass is 392 g/mol. The minimum atomic E-state index is -0.00356. The molecule has 0 aliphatic carbocycles. The lowest BCUT2D eigenvalue weighted by Gasteiger charge is -2.14. The second-order valence-electron chi connectivity index (χ2n) is 6.16. The Morgan fingerprint density at radius 2 is 1.59 bits per heavy atom. The van der Waals surface area contributed by atoms with Crippen LogP contribution in [-0.2, 0) is 12.3 Å². The fraction of sp³-hybridized carbons (Fsp3) is 0.0909. The Balaban J connectivity index is 1.73. The van der Waals surface area contributed by atoms with Gasteiger partial charge in [0.15, 0.2) is 0 Å². The molecule has 4 rings (SSSR count). The van der Waals surface area contributed by atoms with Gasteiger partial charge in [0.25, 0.3) is 5.56 Å². The molecule has 0 aliphatic heterocycles. The van der Waals surface area contributed by atoms with E-state index in [4.69, 9.17) is 16.6 Å². The molecule has 0 bridgehead atoms. The van der Waals surface area contributed by atoms with Crippen LogP contribution in [0.15, 0.2) is 88.6 Å². The van der Waals surface area contributed by atoms with Gasteiger partial charge in [0.05, 0.1) is 23.2 Å². The van der Waals surface area contributed by atoms with Crippen molar-refractivity contribution in [1.82, 2.24) is 9.55 Å². The van der Waals surface area contributed by atoms with Crippen molar-refractivity contribution in [2.24, 2.45) is 0 Å². The van der Waals surface area contributed by atoms with E-state index in [1.807, 2.05) is 78.9 Å². The Morgan fingerprint density at radius 3 is 2.37 bits per heavy atom. The highest BCUT2D eigenvalue weighted by atomic mass is 35.5. The number of nitrogens with zero attached hydrogens (tertiary/aromatic N) is 2. The van der Waals surface area contributed by atoms with Crippen LogP contribution in [0.25, 0.3) is 10.9 Å². The molecule has 0 radical (unpaired) electrons. The number of thioether (sulfide) groups is 1. The van der Waals surface area contributed by atoms with E-state index in [1.54, 1.807) is 16.3 Å². The first-order valence-corrected chi connectivity index (χ1v) is 9.98. The third-order valence-corrected chi connectivity index (χ3v) is 5.57. The molecular weight excluding hydrogens is 376 g/mol. The van der Waals surface area contributed by atoms with Gasteiger partial charge in [-0.15, -0.1) is 11.8 Å². The van der Waals surface area contributed by atoms with Gasteiger partial charge in [-0.1, -0.05) is 54.1 Å². The molecule has 4 aromatic rings. The summed E-state index contributed by atoms with van der Waals surface area (Å²) in [7, 11) is 0. The van der Waals surface area contributed by atoms with Gasteiger partial charge in [-0.05, 0) is 42.0 Å². The van der Waals surface area contributed by atoms with Crippen molar-refractivity contribution >= 4 is 34.3 Å². The molecule has 0 amide bonds. The quantitative estimate of drug-likeness (QED) is 0.427. The van der Waals surface area contributed by atoms with E-state index in [0.717, 1.165) is 21.8 Å². The summed E-state index contributed by atoms with van der Waals surface area (Å²) in [6.07, 6.45) is 0. The first-order valence-electron chi connectivity index (χ1n) is 8.61. The van der Waals surface area contributed by atoms with E-state index in [-0.39, 0.29) is 5.56 Å². The van der Waals surface area contributed by atoms with Gasteiger partial charge in [0.2, 0.25) is 0 Å². The third kappa shape index (κ3) is 4.07. The molecule has 0 atom stereocenters. The van der Waals surface area contributed by atoms with Gasteiger partial charge in [-0.25, -0.2) is 4.98 Å². The second-order valence-corrected chi connectivity index (χ2v) is 7.65. The maximum Gasteiger partial charge on any atom is 0.261 e. The summed E-state index contributed by atoms with van der Waals surface area (Å²) in [6.45, 7) is 0.508. The number of para-hydroxylation sites is 1. The lowest BCUT2D eigenvalue weighted by molar-refractivity contribution is 0.708. The van der Waals surface area contributed by atoms with Crippen molar-refractivity contribution in [2.45, 2.75) is 17.2 Å². The number of hydrogen-bond donors (Lipinski definition) is 0. The van der Waals surface area contributed by atoms with E-state index >= 15 is 0 Å². The van der Waals surface area contributed by atoms with Gasteiger partial charge in [-0.3, -0.25) is 9.36 Å². The van der Waals surface area contributed by atoms with Gasteiger partial charge < -0.3 is 0 Å². The van der Waals surface area contributed by atoms with Crippen LogP contribution < -0.4 is 5.56 Å². The molecule has 0 unspecified atom stereocenters. The molecule has 1 heterocycles.